The molecule has 0 aliphatic carbocycles. The lowest BCUT2D eigenvalue weighted by atomic mass is 10.1. The van der Waals surface area contributed by atoms with Crippen LogP contribution in [0.15, 0.2) is 46.9 Å². The number of benzene rings is 2. The van der Waals surface area contributed by atoms with Gasteiger partial charge < -0.3 is 10.1 Å². The van der Waals surface area contributed by atoms with Gasteiger partial charge in [-0.05, 0) is 65.3 Å². The van der Waals surface area contributed by atoms with Crippen molar-refractivity contribution in [3.63, 3.8) is 0 Å². The molecule has 2 aromatic carbocycles. The Labute approximate surface area is 127 Å². The smallest absolute Gasteiger partial charge is 0.137 e. The van der Waals surface area contributed by atoms with Crippen LogP contribution < -0.4 is 10.1 Å². The first-order valence-corrected chi connectivity index (χ1v) is 7.23. The van der Waals surface area contributed by atoms with Crippen LogP contribution in [0.1, 0.15) is 24.1 Å². The standard InChI is InChI=1S/C16H17BrFNO/c1-11(19-2)13-4-3-5-14(9-13)20-10-12-6-7-16(18)15(17)8-12/h3-9,11,19H,10H2,1-2H3. The molecule has 2 nitrogen and oxygen atoms in total. The molecular weight excluding hydrogens is 321 g/mol. The minimum absolute atomic E-state index is 0.265. The molecule has 2 rings (SSSR count). The molecule has 0 saturated carbocycles. The Morgan fingerprint density at radius 2 is 2.05 bits per heavy atom. The molecule has 0 spiro atoms. The lowest BCUT2D eigenvalue weighted by Gasteiger charge is -2.13. The fourth-order valence-electron chi connectivity index (χ4n) is 1.84. The molecule has 0 aromatic heterocycles. The van der Waals surface area contributed by atoms with Gasteiger partial charge in [0.15, 0.2) is 0 Å². The molecule has 4 heteroatoms. The highest BCUT2D eigenvalue weighted by molar-refractivity contribution is 9.10. The summed E-state index contributed by atoms with van der Waals surface area (Å²) in [6.07, 6.45) is 0. The second-order valence-corrected chi connectivity index (χ2v) is 5.47. The fraction of sp³-hybridized carbons (Fsp3) is 0.250. The summed E-state index contributed by atoms with van der Waals surface area (Å²) in [5.74, 6) is 0.545. The molecular formula is C16H17BrFNO. The SMILES string of the molecule is CNC(C)c1cccc(OCc2ccc(F)c(Br)c2)c1. The van der Waals surface area contributed by atoms with Crippen molar-refractivity contribution < 1.29 is 9.13 Å². The maximum Gasteiger partial charge on any atom is 0.137 e. The molecule has 1 unspecified atom stereocenters. The van der Waals surface area contributed by atoms with Crippen molar-refractivity contribution in [1.82, 2.24) is 5.32 Å². The Morgan fingerprint density at radius 3 is 2.75 bits per heavy atom. The van der Waals surface area contributed by atoms with Gasteiger partial charge in [0.05, 0.1) is 4.47 Å². The van der Waals surface area contributed by atoms with Gasteiger partial charge in [-0.25, -0.2) is 4.39 Å². The third-order valence-corrected chi connectivity index (χ3v) is 3.79. The quantitative estimate of drug-likeness (QED) is 0.870. The average Bonchev–Trinajstić information content (AvgIpc) is 2.48. The van der Waals surface area contributed by atoms with Crippen LogP contribution in [0.25, 0.3) is 0 Å². The second kappa shape index (κ2) is 6.86. The van der Waals surface area contributed by atoms with Crippen LogP contribution in [0.5, 0.6) is 5.75 Å². The highest BCUT2D eigenvalue weighted by atomic mass is 79.9. The molecule has 20 heavy (non-hydrogen) atoms. The zero-order chi connectivity index (χ0) is 14.5. The molecule has 2 aromatic rings. The second-order valence-electron chi connectivity index (χ2n) is 4.62. The zero-order valence-electron chi connectivity index (χ0n) is 11.5. The highest BCUT2D eigenvalue weighted by Crippen LogP contribution is 2.21. The van der Waals surface area contributed by atoms with E-state index in [1.807, 2.05) is 25.2 Å². The maximum atomic E-state index is 13.1. The maximum absolute atomic E-state index is 13.1. The molecule has 106 valence electrons. The van der Waals surface area contributed by atoms with Crippen LogP contribution in [0.3, 0.4) is 0 Å². The lowest BCUT2D eigenvalue weighted by Crippen LogP contribution is -2.12. The first kappa shape index (κ1) is 15.0. The molecule has 0 saturated heterocycles. The number of hydrogen-bond donors (Lipinski definition) is 1. The Bertz CT molecular complexity index is 588. The van der Waals surface area contributed by atoms with Crippen LogP contribution in [-0.4, -0.2) is 7.05 Å². The van der Waals surface area contributed by atoms with E-state index in [9.17, 15) is 4.39 Å². The normalized spacial score (nSPS) is 12.2. The summed E-state index contributed by atoms with van der Waals surface area (Å²) < 4.78 is 19.4. The lowest BCUT2D eigenvalue weighted by molar-refractivity contribution is 0.305. The minimum Gasteiger partial charge on any atom is -0.489 e. The van der Waals surface area contributed by atoms with Crippen LogP contribution >= 0.6 is 15.9 Å². The van der Waals surface area contributed by atoms with Crippen molar-refractivity contribution in [2.75, 3.05) is 7.05 Å². The van der Waals surface area contributed by atoms with E-state index >= 15 is 0 Å². The van der Waals surface area contributed by atoms with E-state index in [2.05, 4.69) is 34.2 Å². The molecule has 0 heterocycles. The first-order valence-electron chi connectivity index (χ1n) is 6.44. The van der Waals surface area contributed by atoms with Crippen molar-refractivity contribution in [2.24, 2.45) is 0 Å². The fourth-order valence-corrected chi connectivity index (χ4v) is 2.26. The van der Waals surface area contributed by atoms with Gasteiger partial charge in [0.2, 0.25) is 0 Å². The Hall–Kier alpha value is -1.39. The number of ether oxygens (including phenoxy) is 1. The molecule has 0 amide bonds. The Morgan fingerprint density at radius 1 is 1.25 bits per heavy atom. The summed E-state index contributed by atoms with van der Waals surface area (Å²) in [6, 6.07) is 13.1. The monoisotopic (exact) mass is 337 g/mol. The van der Waals surface area contributed by atoms with Crippen molar-refractivity contribution in [2.45, 2.75) is 19.6 Å². The van der Waals surface area contributed by atoms with Crippen molar-refractivity contribution in [3.05, 3.63) is 63.9 Å². The number of nitrogens with one attached hydrogen (secondary N) is 1. The molecule has 0 radical (unpaired) electrons. The van der Waals surface area contributed by atoms with E-state index in [0.717, 1.165) is 11.3 Å². The van der Waals surface area contributed by atoms with E-state index in [0.29, 0.717) is 11.1 Å². The van der Waals surface area contributed by atoms with E-state index in [4.69, 9.17) is 4.74 Å². The Balaban J connectivity index is 2.05. The Kier molecular flexibility index (Phi) is 5.15. The van der Waals surface area contributed by atoms with Gasteiger partial charge in [-0.15, -0.1) is 0 Å². The van der Waals surface area contributed by atoms with E-state index < -0.39 is 0 Å². The van der Waals surface area contributed by atoms with Crippen LogP contribution in [0.4, 0.5) is 4.39 Å². The molecule has 0 bridgehead atoms. The summed E-state index contributed by atoms with van der Waals surface area (Å²) in [6.45, 7) is 2.51. The van der Waals surface area contributed by atoms with Crippen molar-refractivity contribution in [1.29, 1.82) is 0 Å². The topological polar surface area (TPSA) is 21.3 Å². The number of halogens is 2. The molecule has 1 N–H and O–H groups in total. The predicted molar refractivity (Wildman–Crippen MR) is 82.3 cm³/mol. The van der Waals surface area contributed by atoms with Gasteiger partial charge in [-0.1, -0.05) is 18.2 Å². The van der Waals surface area contributed by atoms with Crippen molar-refractivity contribution >= 4 is 15.9 Å². The number of rotatable bonds is 5. The zero-order valence-corrected chi connectivity index (χ0v) is 13.1. The molecule has 0 fully saturated rings. The van der Waals surface area contributed by atoms with Crippen molar-refractivity contribution in [3.8, 4) is 5.75 Å². The summed E-state index contributed by atoms with van der Waals surface area (Å²) in [5, 5.41) is 3.19. The van der Waals surface area contributed by atoms with Gasteiger partial charge in [0.1, 0.15) is 18.2 Å². The summed E-state index contributed by atoms with van der Waals surface area (Å²) >= 11 is 3.17. The van der Waals surface area contributed by atoms with E-state index in [-0.39, 0.29) is 11.9 Å². The van der Waals surface area contributed by atoms with Gasteiger partial charge in [-0.3, -0.25) is 0 Å². The van der Waals surface area contributed by atoms with E-state index in [1.54, 1.807) is 12.1 Å². The molecule has 0 aliphatic rings. The van der Waals surface area contributed by atoms with Gasteiger partial charge in [-0.2, -0.15) is 0 Å². The highest BCUT2D eigenvalue weighted by Gasteiger charge is 2.05. The third kappa shape index (κ3) is 3.81. The van der Waals surface area contributed by atoms with E-state index in [1.165, 1.54) is 11.6 Å². The summed E-state index contributed by atoms with van der Waals surface area (Å²) in [4.78, 5) is 0. The third-order valence-electron chi connectivity index (χ3n) is 3.18. The van der Waals surface area contributed by atoms with Gasteiger partial charge in [0.25, 0.3) is 0 Å². The summed E-state index contributed by atoms with van der Waals surface area (Å²) in [5.41, 5.74) is 2.09. The summed E-state index contributed by atoms with van der Waals surface area (Å²) in [7, 11) is 1.92. The van der Waals surface area contributed by atoms with Crippen LogP contribution in [0, 0.1) is 5.82 Å². The van der Waals surface area contributed by atoms with Crippen LogP contribution in [-0.2, 0) is 6.61 Å². The first-order chi connectivity index (χ1) is 9.60. The largest absolute Gasteiger partial charge is 0.489 e. The van der Waals surface area contributed by atoms with Gasteiger partial charge in [0, 0.05) is 6.04 Å². The van der Waals surface area contributed by atoms with Gasteiger partial charge >= 0.3 is 0 Å². The molecule has 1 atom stereocenters. The predicted octanol–water partition coefficient (Wildman–Crippen LogP) is 4.45. The van der Waals surface area contributed by atoms with Crippen LogP contribution in [0.2, 0.25) is 0 Å². The minimum atomic E-state index is -0.265. The average molecular weight is 338 g/mol. The molecule has 0 aliphatic heterocycles. The number of hydrogen-bond acceptors (Lipinski definition) is 2.